The van der Waals surface area contributed by atoms with Crippen LogP contribution < -0.4 is 4.74 Å². The molecule has 0 radical (unpaired) electrons. The smallest absolute Gasteiger partial charge is 0.244 e. The van der Waals surface area contributed by atoms with Crippen LogP contribution in [0, 0.1) is 0 Å². The van der Waals surface area contributed by atoms with Gasteiger partial charge in [-0.15, -0.1) is 0 Å². The molecule has 164 valence electrons. The SMILES string of the molecule is CC(C)Oc1ccc(S(=O)(=O)N2CCC(c3cn(CC=O)c4cnccc34)CC2)cn1. The molecule has 0 aromatic carbocycles. The molecule has 0 amide bonds. The highest BCUT2D eigenvalue weighted by atomic mass is 32.2. The third kappa shape index (κ3) is 4.33. The average molecular weight is 443 g/mol. The fourth-order valence-electron chi connectivity index (χ4n) is 4.11. The average Bonchev–Trinajstić information content (AvgIpc) is 3.13. The van der Waals surface area contributed by atoms with E-state index in [1.165, 1.54) is 10.5 Å². The van der Waals surface area contributed by atoms with Crippen LogP contribution in [0.4, 0.5) is 0 Å². The highest BCUT2D eigenvalue weighted by molar-refractivity contribution is 7.89. The number of aromatic nitrogens is 3. The van der Waals surface area contributed by atoms with Gasteiger partial charge < -0.3 is 14.1 Å². The number of hydrogen-bond donors (Lipinski definition) is 0. The molecule has 0 unspecified atom stereocenters. The van der Waals surface area contributed by atoms with Crippen LogP contribution in [0.15, 0.2) is 47.9 Å². The maximum atomic E-state index is 13.1. The predicted octanol–water partition coefficient (Wildman–Crippen LogP) is 2.99. The van der Waals surface area contributed by atoms with Gasteiger partial charge in [0, 0.05) is 36.9 Å². The summed E-state index contributed by atoms with van der Waals surface area (Å²) >= 11 is 0. The Labute approximate surface area is 181 Å². The number of pyridine rings is 2. The van der Waals surface area contributed by atoms with E-state index >= 15 is 0 Å². The van der Waals surface area contributed by atoms with E-state index in [1.807, 2.05) is 30.7 Å². The standard InChI is InChI=1S/C22H26N4O4S/c1-16(2)30-22-4-3-18(13-24-22)31(28,29)26-9-6-17(7-10-26)20-15-25(11-12-27)21-14-23-8-5-19(20)21/h3-5,8,12-17H,6-7,9-11H2,1-2H3. The van der Waals surface area contributed by atoms with Gasteiger partial charge in [0.05, 0.1) is 30.6 Å². The summed E-state index contributed by atoms with van der Waals surface area (Å²) in [7, 11) is -3.61. The third-order valence-corrected chi connectivity index (χ3v) is 7.47. The second-order valence-electron chi connectivity index (χ2n) is 7.97. The minimum Gasteiger partial charge on any atom is -0.475 e. The van der Waals surface area contributed by atoms with Gasteiger partial charge >= 0.3 is 0 Å². The van der Waals surface area contributed by atoms with Crippen molar-refractivity contribution in [2.45, 2.75) is 50.2 Å². The van der Waals surface area contributed by atoms with Gasteiger partial charge in [-0.3, -0.25) is 4.98 Å². The quantitative estimate of drug-likeness (QED) is 0.522. The first-order valence-electron chi connectivity index (χ1n) is 10.4. The molecule has 0 aliphatic carbocycles. The molecule has 9 heteroatoms. The molecular weight excluding hydrogens is 416 g/mol. The minimum absolute atomic E-state index is 0.0257. The first kappa shape index (κ1) is 21.5. The van der Waals surface area contributed by atoms with E-state index in [0.29, 0.717) is 31.8 Å². The Morgan fingerprint density at radius 2 is 1.97 bits per heavy atom. The zero-order chi connectivity index (χ0) is 22.0. The lowest BCUT2D eigenvalue weighted by molar-refractivity contribution is -0.108. The summed E-state index contributed by atoms with van der Waals surface area (Å²) in [5, 5.41) is 1.07. The minimum atomic E-state index is -3.61. The molecule has 1 saturated heterocycles. The molecule has 0 N–H and O–H groups in total. The number of ether oxygens (including phenoxy) is 1. The molecule has 3 aromatic rings. The Morgan fingerprint density at radius 1 is 1.19 bits per heavy atom. The van der Waals surface area contributed by atoms with Gasteiger partial charge in [0.2, 0.25) is 15.9 Å². The van der Waals surface area contributed by atoms with Crippen molar-refractivity contribution in [3.8, 4) is 5.88 Å². The molecule has 0 spiro atoms. The molecule has 1 aliphatic rings. The molecule has 4 heterocycles. The molecular formula is C22H26N4O4S. The van der Waals surface area contributed by atoms with Gasteiger partial charge in [0.1, 0.15) is 11.2 Å². The Balaban J connectivity index is 1.50. The van der Waals surface area contributed by atoms with Crippen LogP contribution in [0.3, 0.4) is 0 Å². The maximum Gasteiger partial charge on any atom is 0.244 e. The van der Waals surface area contributed by atoms with Crippen LogP contribution in [0.25, 0.3) is 10.9 Å². The van der Waals surface area contributed by atoms with Crippen molar-refractivity contribution in [3.63, 3.8) is 0 Å². The predicted molar refractivity (Wildman–Crippen MR) is 117 cm³/mol. The highest BCUT2D eigenvalue weighted by Crippen LogP contribution is 2.35. The Hall–Kier alpha value is -2.78. The van der Waals surface area contributed by atoms with Gasteiger partial charge in [-0.2, -0.15) is 4.31 Å². The van der Waals surface area contributed by atoms with Gasteiger partial charge in [-0.25, -0.2) is 13.4 Å². The second kappa shape index (κ2) is 8.76. The summed E-state index contributed by atoms with van der Waals surface area (Å²) in [6, 6.07) is 5.10. The van der Waals surface area contributed by atoms with Crippen LogP contribution in [0.5, 0.6) is 5.88 Å². The van der Waals surface area contributed by atoms with Gasteiger partial charge in [0.25, 0.3) is 0 Å². The summed E-state index contributed by atoms with van der Waals surface area (Å²) in [6.07, 6.45) is 9.15. The largest absolute Gasteiger partial charge is 0.475 e. The normalized spacial score (nSPS) is 16.1. The van der Waals surface area contributed by atoms with Crippen molar-refractivity contribution < 1.29 is 17.9 Å². The number of aldehydes is 1. The molecule has 0 bridgehead atoms. The number of rotatable bonds is 7. The van der Waals surface area contributed by atoms with Crippen molar-refractivity contribution >= 4 is 27.2 Å². The van der Waals surface area contributed by atoms with E-state index in [4.69, 9.17) is 4.74 Å². The van der Waals surface area contributed by atoms with E-state index in [9.17, 15) is 13.2 Å². The Morgan fingerprint density at radius 3 is 2.61 bits per heavy atom. The number of fused-ring (bicyclic) bond motifs is 1. The van der Waals surface area contributed by atoms with Crippen molar-refractivity contribution in [2.24, 2.45) is 0 Å². The van der Waals surface area contributed by atoms with E-state index in [2.05, 4.69) is 9.97 Å². The zero-order valence-corrected chi connectivity index (χ0v) is 18.5. The lowest BCUT2D eigenvalue weighted by atomic mass is 9.90. The number of hydrogen-bond acceptors (Lipinski definition) is 6. The van der Waals surface area contributed by atoms with Gasteiger partial charge in [-0.1, -0.05) is 0 Å². The van der Waals surface area contributed by atoms with Crippen LogP contribution in [-0.4, -0.2) is 52.7 Å². The molecule has 31 heavy (non-hydrogen) atoms. The van der Waals surface area contributed by atoms with Crippen molar-refractivity contribution in [1.29, 1.82) is 0 Å². The first-order chi connectivity index (χ1) is 14.9. The summed E-state index contributed by atoms with van der Waals surface area (Å²) in [6.45, 7) is 4.93. The fraction of sp³-hybridized carbons (Fsp3) is 0.409. The molecule has 4 rings (SSSR count). The van der Waals surface area contributed by atoms with Crippen LogP contribution in [-0.2, 0) is 21.4 Å². The monoisotopic (exact) mass is 442 g/mol. The van der Waals surface area contributed by atoms with Crippen molar-refractivity contribution in [1.82, 2.24) is 18.8 Å². The van der Waals surface area contributed by atoms with Gasteiger partial charge in [-0.05, 0) is 50.3 Å². The fourth-order valence-corrected chi connectivity index (χ4v) is 5.53. The lowest BCUT2D eigenvalue weighted by Gasteiger charge is -2.31. The summed E-state index contributed by atoms with van der Waals surface area (Å²) in [5.41, 5.74) is 2.07. The number of carbonyl (C=O) groups is 1. The number of piperidine rings is 1. The van der Waals surface area contributed by atoms with E-state index in [0.717, 1.165) is 22.8 Å². The first-order valence-corrected chi connectivity index (χ1v) is 11.8. The molecule has 8 nitrogen and oxygen atoms in total. The summed E-state index contributed by atoms with van der Waals surface area (Å²) < 4.78 is 35.0. The molecule has 0 saturated carbocycles. The second-order valence-corrected chi connectivity index (χ2v) is 9.91. The van der Waals surface area contributed by atoms with Crippen LogP contribution >= 0.6 is 0 Å². The van der Waals surface area contributed by atoms with E-state index in [1.54, 1.807) is 24.5 Å². The van der Waals surface area contributed by atoms with E-state index in [-0.39, 0.29) is 23.5 Å². The molecule has 0 atom stereocenters. The van der Waals surface area contributed by atoms with Crippen molar-refractivity contribution in [3.05, 3.63) is 48.5 Å². The van der Waals surface area contributed by atoms with Crippen LogP contribution in [0.2, 0.25) is 0 Å². The van der Waals surface area contributed by atoms with Crippen LogP contribution in [0.1, 0.15) is 38.2 Å². The number of sulfonamides is 1. The number of carbonyl (C=O) groups excluding carboxylic acids is 1. The topological polar surface area (TPSA) is 94.4 Å². The highest BCUT2D eigenvalue weighted by Gasteiger charge is 2.31. The summed E-state index contributed by atoms with van der Waals surface area (Å²) in [4.78, 5) is 19.5. The van der Waals surface area contributed by atoms with Crippen molar-refractivity contribution in [2.75, 3.05) is 13.1 Å². The molecule has 1 fully saturated rings. The third-order valence-electron chi connectivity index (χ3n) is 5.58. The Bertz CT molecular complexity index is 1160. The maximum absolute atomic E-state index is 13.1. The summed E-state index contributed by atoms with van der Waals surface area (Å²) in [5.74, 6) is 0.637. The van der Waals surface area contributed by atoms with Gasteiger partial charge in [0.15, 0.2) is 0 Å². The Kier molecular flexibility index (Phi) is 6.06. The van der Waals surface area contributed by atoms with E-state index < -0.39 is 10.0 Å². The molecule has 3 aromatic heterocycles. The molecule has 1 aliphatic heterocycles. The lowest BCUT2D eigenvalue weighted by Crippen LogP contribution is -2.37. The number of nitrogens with zero attached hydrogens (tertiary/aromatic N) is 4. The zero-order valence-electron chi connectivity index (χ0n) is 17.6.